The summed E-state index contributed by atoms with van der Waals surface area (Å²) in [6, 6.07) is 13.1. The third-order valence-corrected chi connectivity index (χ3v) is 4.92. The zero-order chi connectivity index (χ0) is 19.4. The molecule has 3 aromatic rings. The molecule has 0 aliphatic rings. The maximum Gasteiger partial charge on any atom is 0.276 e. The second-order valence-corrected chi connectivity index (χ2v) is 7.27. The number of hydrazone groups is 1. The van der Waals surface area contributed by atoms with Crippen LogP contribution in [0.5, 0.6) is 0 Å². The average molecular weight is 385 g/mol. The van der Waals surface area contributed by atoms with E-state index in [4.69, 9.17) is 0 Å². The van der Waals surface area contributed by atoms with Crippen molar-refractivity contribution in [1.82, 2.24) is 14.6 Å². The first-order valence-electron chi connectivity index (χ1n) is 7.77. The van der Waals surface area contributed by atoms with Crippen molar-refractivity contribution in [1.29, 1.82) is 0 Å². The van der Waals surface area contributed by atoms with E-state index >= 15 is 0 Å². The Balaban J connectivity index is 1.75. The molecule has 9 nitrogen and oxygen atoms in total. The number of nitrogens with zero attached hydrogens (tertiary/aromatic N) is 4. The van der Waals surface area contributed by atoms with Crippen LogP contribution in [0, 0.1) is 17.0 Å². The van der Waals surface area contributed by atoms with Gasteiger partial charge in [0.2, 0.25) is 0 Å². The van der Waals surface area contributed by atoms with Crippen LogP contribution in [0.4, 0.5) is 5.69 Å². The molecule has 1 heterocycles. The molecule has 3 rings (SSSR count). The van der Waals surface area contributed by atoms with Gasteiger partial charge in [-0.3, -0.25) is 10.1 Å². The number of para-hydroxylation sites is 1. The second-order valence-electron chi connectivity index (χ2n) is 5.61. The number of nitro benzene ring substituents is 1. The van der Waals surface area contributed by atoms with E-state index in [0.29, 0.717) is 11.1 Å². The van der Waals surface area contributed by atoms with E-state index < -0.39 is 14.9 Å². The number of hydrogen-bond acceptors (Lipinski definition) is 6. The molecule has 0 radical (unpaired) electrons. The SMILES string of the molecule is Cc1ccc(S(=O)(=O)N/N=C\c2cnn(-c3ccccc3)c2)cc1[N+](=O)[O-]. The van der Waals surface area contributed by atoms with Crippen LogP contribution in [0.3, 0.4) is 0 Å². The summed E-state index contributed by atoms with van der Waals surface area (Å²) in [5.41, 5.74) is 1.53. The third kappa shape index (κ3) is 4.18. The van der Waals surface area contributed by atoms with Gasteiger partial charge in [0.05, 0.1) is 27.9 Å². The minimum atomic E-state index is -4.03. The van der Waals surface area contributed by atoms with E-state index in [1.165, 1.54) is 31.5 Å². The quantitative estimate of drug-likeness (QED) is 0.397. The van der Waals surface area contributed by atoms with Gasteiger partial charge in [0.25, 0.3) is 15.7 Å². The van der Waals surface area contributed by atoms with E-state index in [-0.39, 0.29) is 10.6 Å². The molecule has 0 amide bonds. The molecular weight excluding hydrogens is 370 g/mol. The van der Waals surface area contributed by atoms with Crippen molar-refractivity contribution in [3.05, 3.63) is 82.2 Å². The Morgan fingerprint density at radius 1 is 1.22 bits per heavy atom. The average Bonchev–Trinajstić information content (AvgIpc) is 3.11. The molecule has 0 aliphatic heterocycles. The maximum atomic E-state index is 12.3. The number of rotatable bonds is 6. The van der Waals surface area contributed by atoms with Crippen molar-refractivity contribution in [2.45, 2.75) is 11.8 Å². The summed E-state index contributed by atoms with van der Waals surface area (Å²) in [5, 5.41) is 18.9. The van der Waals surface area contributed by atoms with Gasteiger partial charge in [-0.25, -0.2) is 9.51 Å². The van der Waals surface area contributed by atoms with Gasteiger partial charge in [0, 0.05) is 23.4 Å². The lowest BCUT2D eigenvalue weighted by Crippen LogP contribution is -2.18. The van der Waals surface area contributed by atoms with E-state index in [1.807, 2.05) is 35.2 Å². The fourth-order valence-corrected chi connectivity index (χ4v) is 3.11. The number of nitro groups is 1. The lowest BCUT2D eigenvalue weighted by molar-refractivity contribution is -0.385. The Hall–Kier alpha value is -3.53. The van der Waals surface area contributed by atoms with Gasteiger partial charge in [0.1, 0.15) is 0 Å². The van der Waals surface area contributed by atoms with Crippen LogP contribution in [0.15, 0.2) is 70.9 Å². The van der Waals surface area contributed by atoms with Gasteiger partial charge in [-0.15, -0.1) is 0 Å². The van der Waals surface area contributed by atoms with Crippen LogP contribution in [0.2, 0.25) is 0 Å². The summed E-state index contributed by atoms with van der Waals surface area (Å²) in [7, 11) is -4.03. The van der Waals surface area contributed by atoms with Gasteiger partial charge in [-0.2, -0.15) is 18.6 Å². The summed E-state index contributed by atoms with van der Waals surface area (Å²) in [6.45, 7) is 1.53. The zero-order valence-electron chi connectivity index (χ0n) is 14.2. The van der Waals surface area contributed by atoms with Gasteiger partial charge in [0.15, 0.2) is 0 Å². The Morgan fingerprint density at radius 3 is 2.67 bits per heavy atom. The summed E-state index contributed by atoms with van der Waals surface area (Å²) in [6.07, 6.45) is 4.51. The third-order valence-electron chi connectivity index (χ3n) is 3.70. The van der Waals surface area contributed by atoms with Gasteiger partial charge in [-0.05, 0) is 25.1 Å². The van der Waals surface area contributed by atoms with Crippen LogP contribution in [-0.2, 0) is 10.0 Å². The lowest BCUT2D eigenvalue weighted by atomic mass is 10.2. The maximum absolute atomic E-state index is 12.3. The molecule has 0 fully saturated rings. The van der Waals surface area contributed by atoms with Crippen molar-refractivity contribution in [3.8, 4) is 5.69 Å². The Bertz CT molecular complexity index is 1110. The molecule has 1 N–H and O–H groups in total. The van der Waals surface area contributed by atoms with E-state index in [2.05, 4.69) is 10.2 Å². The largest absolute Gasteiger partial charge is 0.276 e. The molecule has 2 aromatic carbocycles. The number of aryl methyl sites for hydroxylation is 1. The molecule has 138 valence electrons. The Morgan fingerprint density at radius 2 is 1.96 bits per heavy atom. The van der Waals surface area contributed by atoms with Crippen LogP contribution in [0.1, 0.15) is 11.1 Å². The molecule has 0 saturated heterocycles. The number of nitrogens with one attached hydrogen (secondary N) is 1. The number of sulfonamides is 1. The molecular formula is C17H15N5O4S. The smallest absolute Gasteiger partial charge is 0.258 e. The Labute approximate surface area is 155 Å². The fourth-order valence-electron chi connectivity index (χ4n) is 2.30. The summed E-state index contributed by atoms with van der Waals surface area (Å²) in [4.78, 5) is 12.1. The van der Waals surface area contributed by atoms with Crippen molar-refractivity contribution < 1.29 is 13.3 Å². The number of hydrogen-bond donors (Lipinski definition) is 1. The van der Waals surface area contributed by atoms with E-state index in [9.17, 15) is 18.5 Å². The van der Waals surface area contributed by atoms with Crippen molar-refractivity contribution >= 4 is 21.9 Å². The predicted octanol–water partition coefficient (Wildman–Crippen LogP) is 2.40. The summed E-state index contributed by atoms with van der Waals surface area (Å²) >= 11 is 0. The monoisotopic (exact) mass is 385 g/mol. The van der Waals surface area contributed by atoms with E-state index in [1.54, 1.807) is 10.9 Å². The first kappa shape index (κ1) is 18.3. The van der Waals surface area contributed by atoms with Crippen LogP contribution < -0.4 is 4.83 Å². The van der Waals surface area contributed by atoms with Crippen LogP contribution in [-0.4, -0.2) is 29.3 Å². The van der Waals surface area contributed by atoms with Crippen molar-refractivity contribution in [2.75, 3.05) is 0 Å². The first-order valence-corrected chi connectivity index (χ1v) is 9.25. The molecule has 0 aliphatic carbocycles. The van der Waals surface area contributed by atoms with E-state index in [0.717, 1.165) is 11.8 Å². The molecule has 0 bridgehead atoms. The molecule has 1 aromatic heterocycles. The van der Waals surface area contributed by atoms with Crippen LogP contribution >= 0.6 is 0 Å². The molecule has 27 heavy (non-hydrogen) atoms. The summed E-state index contributed by atoms with van der Waals surface area (Å²) in [5.74, 6) is 0. The number of aromatic nitrogens is 2. The predicted molar refractivity (Wildman–Crippen MR) is 99.3 cm³/mol. The number of benzene rings is 2. The standard InChI is InChI=1S/C17H15N5O4S/c1-13-7-8-16(9-17(13)22(23)24)27(25,26)20-18-10-14-11-19-21(12-14)15-5-3-2-4-6-15/h2-12,20H,1H3/b18-10-. The second kappa shape index (κ2) is 7.38. The first-order chi connectivity index (χ1) is 12.9. The Kier molecular flexibility index (Phi) is 4.99. The molecule has 0 unspecified atom stereocenters. The fraction of sp³-hybridized carbons (Fsp3) is 0.0588. The lowest BCUT2D eigenvalue weighted by Gasteiger charge is -2.04. The zero-order valence-corrected chi connectivity index (χ0v) is 15.0. The van der Waals surface area contributed by atoms with Gasteiger partial charge in [-0.1, -0.05) is 24.3 Å². The highest BCUT2D eigenvalue weighted by Crippen LogP contribution is 2.22. The molecule has 10 heteroatoms. The van der Waals surface area contributed by atoms with Gasteiger partial charge >= 0.3 is 0 Å². The minimum Gasteiger partial charge on any atom is -0.258 e. The van der Waals surface area contributed by atoms with Crippen LogP contribution in [0.25, 0.3) is 5.69 Å². The van der Waals surface area contributed by atoms with Crippen molar-refractivity contribution in [3.63, 3.8) is 0 Å². The highest BCUT2D eigenvalue weighted by molar-refractivity contribution is 7.89. The van der Waals surface area contributed by atoms with Crippen molar-refractivity contribution in [2.24, 2.45) is 5.10 Å². The topological polar surface area (TPSA) is 119 Å². The highest BCUT2D eigenvalue weighted by Gasteiger charge is 2.19. The van der Waals surface area contributed by atoms with Gasteiger partial charge < -0.3 is 0 Å². The molecule has 0 atom stereocenters. The normalized spacial score (nSPS) is 11.6. The minimum absolute atomic E-state index is 0.239. The highest BCUT2D eigenvalue weighted by atomic mass is 32.2. The summed E-state index contributed by atoms with van der Waals surface area (Å²) < 4.78 is 26.2. The molecule has 0 spiro atoms. The molecule has 0 saturated carbocycles.